The van der Waals surface area contributed by atoms with Crippen LogP contribution >= 0.6 is 0 Å². The fourth-order valence-corrected chi connectivity index (χ4v) is 2.45. The minimum Gasteiger partial charge on any atom is -0.394 e. The lowest BCUT2D eigenvalue weighted by atomic mass is 10.2. The third kappa shape index (κ3) is 1.34. The molecule has 1 saturated heterocycles. The molecule has 1 saturated carbocycles. The van der Waals surface area contributed by atoms with Gasteiger partial charge in [-0.3, -0.25) is 14.3 Å². The van der Waals surface area contributed by atoms with E-state index in [4.69, 9.17) is 9.84 Å². The number of hydrogen-bond acceptors (Lipinski definition) is 4. The van der Waals surface area contributed by atoms with Crippen LogP contribution in [0.3, 0.4) is 0 Å². The van der Waals surface area contributed by atoms with E-state index < -0.39 is 11.2 Å². The zero-order valence-corrected chi connectivity index (χ0v) is 8.50. The molecule has 0 spiro atoms. The first-order chi connectivity index (χ1) is 7.70. The Morgan fingerprint density at radius 2 is 2.31 bits per heavy atom. The van der Waals surface area contributed by atoms with Crippen LogP contribution < -0.4 is 11.2 Å². The van der Waals surface area contributed by atoms with Crippen LogP contribution in [0.5, 0.6) is 0 Å². The maximum absolute atomic E-state index is 11.6. The topological polar surface area (TPSA) is 84.3 Å². The summed E-state index contributed by atoms with van der Waals surface area (Å²) in [5, 5.41) is 9.07. The molecule has 1 aliphatic heterocycles. The van der Waals surface area contributed by atoms with Gasteiger partial charge in [0.05, 0.1) is 12.7 Å². The summed E-state index contributed by atoms with van der Waals surface area (Å²) in [6.07, 6.45) is 1.91. The molecule has 1 aromatic heterocycles. The number of aromatic amines is 1. The average molecular weight is 224 g/mol. The van der Waals surface area contributed by atoms with Crippen molar-refractivity contribution >= 4 is 0 Å². The van der Waals surface area contributed by atoms with Gasteiger partial charge in [-0.2, -0.15) is 0 Å². The molecule has 6 heteroatoms. The van der Waals surface area contributed by atoms with E-state index in [0.29, 0.717) is 11.8 Å². The molecular weight excluding hydrogens is 212 g/mol. The van der Waals surface area contributed by atoms with E-state index in [9.17, 15) is 9.59 Å². The zero-order chi connectivity index (χ0) is 11.3. The monoisotopic (exact) mass is 224 g/mol. The van der Waals surface area contributed by atoms with Crippen LogP contribution in [-0.2, 0) is 4.74 Å². The number of aromatic nitrogens is 2. The fourth-order valence-electron chi connectivity index (χ4n) is 2.45. The molecule has 1 aliphatic carbocycles. The summed E-state index contributed by atoms with van der Waals surface area (Å²) in [6, 6.07) is 1.30. The van der Waals surface area contributed by atoms with Crippen molar-refractivity contribution in [2.24, 2.45) is 11.8 Å². The Kier molecular flexibility index (Phi) is 2.02. The van der Waals surface area contributed by atoms with Crippen LogP contribution in [0, 0.1) is 11.8 Å². The lowest BCUT2D eigenvalue weighted by Gasteiger charge is -2.18. The van der Waals surface area contributed by atoms with Crippen LogP contribution in [0.15, 0.2) is 21.9 Å². The van der Waals surface area contributed by atoms with Gasteiger partial charge in [0.25, 0.3) is 5.56 Å². The van der Waals surface area contributed by atoms with Gasteiger partial charge in [0.15, 0.2) is 0 Å². The summed E-state index contributed by atoms with van der Waals surface area (Å²) < 4.78 is 6.96. The van der Waals surface area contributed by atoms with Crippen molar-refractivity contribution in [1.82, 2.24) is 9.55 Å². The van der Waals surface area contributed by atoms with Crippen molar-refractivity contribution in [2.75, 3.05) is 6.61 Å². The number of rotatable bonds is 2. The number of H-pyrrole nitrogens is 1. The fraction of sp³-hybridized carbons (Fsp3) is 0.600. The molecule has 0 amide bonds. The molecule has 0 unspecified atom stereocenters. The summed E-state index contributed by atoms with van der Waals surface area (Å²) in [5.41, 5.74) is -0.868. The average Bonchev–Trinajstić information content (AvgIpc) is 2.96. The van der Waals surface area contributed by atoms with Gasteiger partial charge in [0, 0.05) is 18.2 Å². The van der Waals surface area contributed by atoms with Crippen LogP contribution in [0.1, 0.15) is 12.6 Å². The number of nitrogens with one attached hydrogen (secondary N) is 1. The Balaban J connectivity index is 1.94. The van der Waals surface area contributed by atoms with Crippen molar-refractivity contribution in [2.45, 2.75) is 18.8 Å². The van der Waals surface area contributed by atoms with Crippen LogP contribution in [-0.4, -0.2) is 27.4 Å². The SMILES string of the molecule is O=c1ccn([C@H]2O[C@H](CO)[C@@H]3C[C@@H]32)c(=O)[nH]1. The summed E-state index contributed by atoms with van der Waals surface area (Å²) in [4.78, 5) is 24.7. The molecule has 2 heterocycles. The first kappa shape index (κ1) is 9.80. The highest BCUT2D eigenvalue weighted by molar-refractivity contribution is 5.02. The summed E-state index contributed by atoms with van der Waals surface area (Å²) >= 11 is 0. The van der Waals surface area contributed by atoms with Crippen molar-refractivity contribution < 1.29 is 9.84 Å². The highest BCUT2D eigenvalue weighted by Gasteiger charge is 2.56. The van der Waals surface area contributed by atoms with Gasteiger partial charge in [0.1, 0.15) is 6.23 Å². The minimum atomic E-state index is -0.457. The van der Waals surface area contributed by atoms with Crippen molar-refractivity contribution in [3.63, 3.8) is 0 Å². The molecule has 0 aromatic carbocycles. The van der Waals surface area contributed by atoms with E-state index in [1.807, 2.05) is 0 Å². The number of hydrogen-bond donors (Lipinski definition) is 2. The van der Waals surface area contributed by atoms with Crippen LogP contribution in [0.2, 0.25) is 0 Å². The van der Waals surface area contributed by atoms with E-state index in [-0.39, 0.29) is 18.9 Å². The highest BCUT2D eigenvalue weighted by atomic mass is 16.5. The van der Waals surface area contributed by atoms with Gasteiger partial charge in [0.2, 0.25) is 0 Å². The smallest absolute Gasteiger partial charge is 0.330 e. The molecule has 2 aliphatic rings. The largest absolute Gasteiger partial charge is 0.394 e. The molecule has 2 N–H and O–H groups in total. The van der Waals surface area contributed by atoms with Crippen LogP contribution in [0.25, 0.3) is 0 Å². The lowest BCUT2D eigenvalue weighted by Crippen LogP contribution is -2.33. The third-order valence-electron chi connectivity index (χ3n) is 3.35. The molecule has 6 nitrogen and oxygen atoms in total. The number of fused-ring (bicyclic) bond motifs is 1. The van der Waals surface area contributed by atoms with Crippen molar-refractivity contribution in [3.05, 3.63) is 33.1 Å². The molecule has 0 radical (unpaired) electrons. The Hall–Kier alpha value is -1.40. The standard InChI is InChI=1S/C10H12N2O4/c13-4-7-5-3-6(5)9(16-7)12-2-1-8(14)11-10(12)15/h1-2,5-7,9,13H,3-4H2,(H,11,14,15)/t5-,6+,7-,9+/m1/s1. The summed E-state index contributed by atoms with van der Waals surface area (Å²) in [6.45, 7) is -0.0181. The van der Waals surface area contributed by atoms with E-state index in [1.54, 1.807) is 0 Å². The van der Waals surface area contributed by atoms with Crippen LogP contribution in [0.4, 0.5) is 0 Å². The third-order valence-corrected chi connectivity index (χ3v) is 3.35. The molecule has 86 valence electrons. The lowest BCUT2D eigenvalue weighted by molar-refractivity contribution is -0.0516. The number of aliphatic hydroxyl groups is 1. The Labute approximate surface area is 90.5 Å². The second-order valence-corrected chi connectivity index (χ2v) is 4.33. The molecule has 4 atom stereocenters. The summed E-state index contributed by atoms with van der Waals surface area (Å²) in [5.74, 6) is 0.648. The molecule has 0 bridgehead atoms. The Morgan fingerprint density at radius 3 is 2.94 bits per heavy atom. The maximum Gasteiger partial charge on any atom is 0.330 e. The highest BCUT2D eigenvalue weighted by Crippen LogP contribution is 2.55. The molecular formula is C10H12N2O4. The van der Waals surface area contributed by atoms with Gasteiger partial charge < -0.3 is 9.84 Å². The predicted octanol–water partition coefficient (Wildman–Crippen LogP) is -0.938. The van der Waals surface area contributed by atoms with E-state index in [2.05, 4.69) is 4.98 Å². The summed E-state index contributed by atoms with van der Waals surface area (Å²) in [7, 11) is 0. The molecule has 16 heavy (non-hydrogen) atoms. The van der Waals surface area contributed by atoms with Gasteiger partial charge in [-0.25, -0.2) is 4.79 Å². The van der Waals surface area contributed by atoms with Crippen molar-refractivity contribution in [3.8, 4) is 0 Å². The zero-order valence-electron chi connectivity index (χ0n) is 8.50. The van der Waals surface area contributed by atoms with E-state index in [1.165, 1.54) is 16.8 Å². The molecule has 1 aromatic rings. The van der Waals surface area contributed by atoms with Gasteiger partial charge in [-0.1, -0.05) is 0 Å². The first-order valence-corrected chi connectivity index (χ1v) is 5.28. The second kappa shape index (κ2) is 3.29. The predicted molar refractivity (Wildman–Crippen MR) is 53.9 cm³/mol. The quantitative estimate of drug-likeness (QED) is 0.679. The van der Waals surface area contributed by atoms with Crippen molar-refractivity contribution in [1.29, 1.82) is 0 Å². The second-order valence-electron chi connectivity index (χ2n) is 4.33. The van der Waals surface area contributed by atoms with Gasteiger partial charge in [-0.15, -0.1) is 0 Å². The minimum absolute atomic E-state index is 0.0181. The van der Waals surface area contributed by atoms with E-state index in [0.717, 1.165) is 6.42 Å². The number of ether oxygens (including phenoxy) is 1. The molecule has 2 fully saturated rings. The number of nitrogens with zero attached hydrogens (tertiary/aromatic N) is 1. The first-order valence-electron chi connectivity index (χ1n) is 5.28. The Morgan fingerprint density at radius 1 is 1.50 bits per heavy atom. The Bertz CT molecular complexity index is 520. The molecule has 3 rings (SSSR count). The van der Waals surface area contributed by atoms with Gasteiger partial charge >= 0.3 is 5.69 Å². The van der Waals surface area contributed by atoms with E-state index >= 15 is 0 Å². The maximum atomic E-state index is 11.6. The number of aliphatic hydroxyl groups excluding tert-OH is 1. The van der Waals surface area contributed by atoms with Gasteiger partial charge in [-0.05, 0) is 12.3 Å². The normalized spacial score (nSPS) is 36.1.